The minimum absolute atomic E-state index is 0.181. The molecule has 140 valence electrons. The highest BCUT2D eigenvalue weighted by molar-refractivity contribution is 8.00. The minimum Gasteiger partial charge on any atom is -0.431 e. The van der Waals surface area contributed by atoms with Crippen LogP contribution in [0, 0.1) is 5.92 Å². The number of para-hydroxylation sites is 2. The number of nitrogens with zero attached hydrogens (tertiary/aromatic N) is 2. The molecule has 3 aromatic rings. The number of oxazole rings is 1. The van der Waals surface area contributed by atoms with Crippen LogP contribution in [0.4, 0.5) is 0 Å². The summed E-state index contributed by atoms with van der Waals surface area (Å²) in [7, 11) is 0. The first-order valence-corrected chi connectivity index (χ1v) is 10.4. The first-order chi connectivity index (χ1) is 13.2. The summed E-state index contributed by atoms with van der Waals surface area (Å²) < 4.78 is 5.74. The number of piperidine rings is 1. The summed E-state index contributed by atoms with van der Waals surface area (Å²) in [4.78, 5) is 19.3. The van der Waals surface area contributed by atoms with Crippen molar-refractivity contribution in [3.63, 3.8) is 0 Å². The number of amides is 1. The third kappa shape index (κ3) is 4.35. The van der Waals surface area contributed by atoms with Gasteiger partial charge in [0, 0.05) is 13.1 Å². The number of hydrogen-bond acceptors (Lipinski definition) is 4. The molecule has 1 atom stereocenters. The Hall–Kier alpha value is -2.27. The molecule has 1 fully saturated rings. The largest absolute Gasteiger partial charge is 0.431 e. The van der Waals surface area contributed by atoms with Crippen molar-refractivity contribution in [2.75, 3.05) is 13.1 Å². The van der Waals surface area contributed by atoms with Crippen LogP contribution in [0.2, 0.25) is 0 Å². The predicted octanol–water partition coefficient (Wildman–Crippen LogP) is 4.79. The molecular weight excluding hydrogens is 356 g/mol. The van der Waals surface area contributed by atoms with Crippen LogP contribution in [0.1, 0.15) is 25.3 Å². The highest BCUT2D eigenvalue weighted by Crippen LogP contribution is 2.29. The molecular formula is C22H24N2O2S. The molecule has 2 heterocycles. The zero-order valence-corrected chi connectivity index (χ0v) is 16.3. The van der Waals surface area contributed by atoms with Gasteiger partial charge in [-0.05, 0) is 49.8 Å². The van der Waals surface area contributed by atoms with Crippen molar-refractivity contribution >= 4 is 28.8 Å². The van der Waals surface area contributed by atoms with Gasteiger partial charge in [0.15, 0.2) is 5.58 Å². The number of likely N-dealkylation sites (tertiary alicyclic amines) is 1. The molecule has 0 bridgehead atoms. The number of rotatable bonds is 5. The van der Waals surface area contributed by atoms with Crippen molar-refractivity contribution < 1.29 is 9.21 Å². The molecule has 1 aliphatic rings. The lowest BCUT2D eigenvalue weighted by atomic mass is 9.90. The molecule has 4 rings (SSSR count). The number of fused-ring (bicyclic) bond motifs is 1. The number of aromatic nitrogens is 1. The highest BCUT2D eigenvalue weighted by Gasteiger charge is 2.27. The van der Waals surface area contributed by atoms with Gasteiger partial charge >= 0.3 is 0 Å². The number of benzene rings is 2. The van der Waals surface area contributed by atoms with E-state index >= 15 is 0 Å². The van der Waals surface area contributed by atoms with Crippen LogP contribution < -0.4 is 0 Å². The SMILES string of the molecule is C[C@@H](Sc1nc2ccccc2o1)C(=O)N1CCC(Cc2ccccc2)CC1. The molecule has 1 aromatic heterocycles. The van der Waals surface area contributed by atoms with Crippen molar-refractivity contribution in [1.29, 1.82) is 0 Å². The molecule has 0 spiro atoms. The smallest absolute Gasteiger partial charge is 0.257 e. The molecule has 5 heteroatoms. The fourth-order valence-corrected chi connectivity index (χ4v) is 4.51. The molecule has 0 N–H and O–H groups in total. The van der Waals surface area contributed by atoms with Crippen molar-refractivity contribution in [2.45, 2.75) is 36.7 Å². The maximum atomic E-state index is 12.8. The second kappa shape index (κ2) is 8.17. The zero-order chi connectivity index (χ0) is 18.6. The Labute approximate surface area is 164 Å². The normalized spacial score (nSPS) is 16.6. The quantitative estimate of drug-likeness (QED) is 0.597. The van der Waals surface area contributed by atoms with Crippen LogP contribution in [0.3, 0.4) is 0 Å². The maximum Gasteiger partial charge on any atom is 0.257 e. The molecule has 0 radical (unpaired) electrons. The van der Waals surface area contributed by atoms with Gasteiger partial charge in [0.25, 0.3) is 5.22 Å². The summed E-state index contributed by atoms with van der Waals surface area (Å²) in [6.45, 7) is 3.63. The Balaban J connectivity index is 1.30. The first-order valence-electron chi connectivity index (χ1n) is 9.54. The lowest BCUT2D eigenvalue weighted by Crippen LogP contribution is -2.42. The molecule has 0 saturated carbocycles. The third-order valence-electron chi connectivity index (χ3n) is 5.19. The van der Waals surface area contributed by atoms with E-state index in [1.54, 1.807) is 0 Å². The van der Waals surface area contributed by atoms with Crippen molar-refractivity contribution in [3.8, 4) is 0 Å². The fourth-order valence-electron chi connectivity index (χ4n) is 3.67. The van der Waals surface area contributed by atoms with E-state index in [9.17, 15) is 4.79 Å². The Morgan fingerprint density at radius 2 is 1.85 bits per heavy atom. The number of thioether (sulfide) groups is 1. The molecule has 4 nitrogen and oxygen atoms in total. The van der Waals surface area contributed by atoms with Gasteiger partial charge in [0.1, 0.15) is 5.52 Å². The Morgan fingerprint density at radius 3 is 2.59 bits per heavy atom. The van der Waals surface area contributed by atoms with Crippen molar-refractivity contribution in [3.05, 3.63) is 60.2 Å². The van der Waals surface area contributed by atoms with Gasteiger partial charge in [-0.3, -0.25) is 4.79 Å². The zero-order valence-electron chi connectivity index (χ0n) is 15.5. The molecule has 2 aromatic carbocycles. The first kappa shape index (κ1) is 18.1. The van der Waals surface area contributed by atoms with E-state index < -0.39 is 0 Å². The molecule has 1 amide bonds. The number of carbonyl (C=O) groups excluding carboxylic acids is 1. The predicted molar refractivity (Wildman–Crippen MR) is 109 cm³/mol. The summed E-state index contributed by atoms with van der Waals surface area (Å²) in [5.74, 6) is 0.844. The number of carbonyl (C=O) groups is 1. The fraction of sp³-hybridized carbons (Fsp3) is 0.364. The third-order valence-corrected chi connectivity index (χ3v) is 6.12. The van der Waals surface area contributed by atoms with E-state index in [1.807, 2.05) is 36.1 Å². The van der Waals surface area contributed by atoms with Gasteiger partial charge in [0.2, 0.25) is 5.91 Å². The molecule has 1 saturated heterocycles. The summed E-state index contributed by atoms with van der Waals surface area (Å²) in [6.07, 6.45) is 3.25. The second-order valence-corrected chi connectivity index (χ2v) is 8.46. The van der Waals surface area contributed by atoms with E-state index in [2.05, 4.69) is 35.3 Å². The highest BCUT2D eigenvalue weighted by atomic mass is 32.2. The van der Waals surface area contributed by atoms with Gasteiger partial charge in [0.05, 0.1) is 5.25 Å². The van der Waals surface area contributed by atoms with Crippen LogP contribution in [-0.2, 0) is 11.2 Å². The van der Waals surface area contributed by atoms with Crippen molar-refractivity contribution in [1.82, 2.24) is 9.88 Å². The van der Waals surface area contributed by atoms with E-state index in [4.69, 9.17) is 4.42 Å². The van der Waals surface area contributed by atoms with E-state index in [0.29, 0.717) is 11.1 Å². The Morgan fingerprint density at radius 1 is 1.15 bits per heavy atom. The van der Waals surface area contributed by atoms with E-state index in [0.717, 1.165) is 43.5 Å². The molecule has 27 heavy (non-hydrogen) atoms. The van der Waals surface area contributed by atoms with Crippen LogP contribution in [-0.4, -0.2) is 34.1 Å². The summed E-state index contributed by atoms with van der Waals surface area (Å²) in [6, 6.07) is 18.3. The van der Waals surface area contributed by atoms with Gasteiger partial charge < -0.3 is 9.32 Å². The number of hydrogen-bond donors (Lipinski definition) is 0. The lowest BCUT2D eigenvalue weighted by molar-refractivity contribution is -0.131. The lowest BCUT2D eigenvalue weighted by Gasteiger charge is -2.33. The summed E-state index contributed by atoms with van der Waals surface area (Å²) in [5.41, 5.74) is 2.99. The summed E-state index contributed by atoms with van der Waals surface area (Å²) in [5, 5.41) is 0.375. The average molecular weight is 381 g/mol. The molecule has 1 aliphatic heterocycles. The van der Waals surface area contributed by atoms with Gasteiger partial charge in [-0.25, -0.2) is 4.98 Å². The van der Waals surface area contributed by atoms with Crippen LogP contribution in [0.25, 0.3) is 11.1 Å². The van der Waals surface area contributed by atoms with Gasteiger partial charge in [-0.15, -0.1) is 0 Å². The second-order valence-electron chi connectivity index (χ2n) is 7.17. The maximum absolute atomic E-state index is 12.8. The van der Waals surface area contributed by atoms with Crippen LogP contribution >= 0.6 is 11.8 Å². The minimum atomic E-state index is -0.191. The van der Waals surface area contributed by atoms with E-state index in [1.165, 1.54) is 17.3 Å². The standard InChI is InChI=1S/C22H24N2O2S/c1-16(27-22-23-19-9-5-6-10-20(19)26-22)21(25)24-13-11-18(12-14-24)15-17-7-3-2-4-8-17/h2-10,16,18H,11-15H2,1H3/t16-/m1/s1. The van der Waals surface area contributed by atoms with Crippen LogP contribution in [0.15, 0.2) is 64.2 Å². The van der Waals surface area contributed by atoms with E-state index in [-0.39, 0.29) is 11.2 Å². The molecule has 0 unspecified atom stereocenters. The van der Waals surface area contributed by atoms with Crippen molar-refractivity contribution in [2.24, 2.45) is 5.92 Å². The summed E-state index contributed by atoms with van der Waals surface area (Å²) >= 11 is 1.41. The average Bonchev–Trinajstić information content (AvgIpc) is 3.11. The topological polar surface area (TPSA) is 46.3 Å². The van der Waals surface area contributed by atoms with Crippen LogP contribution in [0.5, 0.6) is 0 Å². The monoisotopic (exact) mass is 380 g/mol. The Kier molecular flexibility index (Phi) is 5.48. The van der Waals surface area contributed by atoms with Gasteiger partial charge in [-0.1, -0.05) is 54.2 Å². The molecule has 0 aliphatic carbocycles. The van der Waals surface area contributed by atoms with Gasteiger partial charge in [-0.2, -0.15) is 0 Å². The Bertz CT molecular complexity index is 868.